The van der Waals surface area contributed by atoms with Crippen molar-refractivity contribution in [2.24, 2.45) is 0 Å². The zero-order valence-electron chi connectivity index (χ0n) is 13.0. The number of nitrogens with two attached hydrogens (primary N) is 1. The van der Waals surface area contributed by atoms with Crippen molar-refractivity contribution in [2.75, 3.05) is 24.1 Å². The summed E-state index contributed by atoms with van der Waals surface area (Å²) in [7, 11) is 0. The maximum absolute atomic E-state index is 5.89. The number of nitrogen functional groups attached to an aromatic ring is 1. The smallest absolute Gasteiger partial charge is 0.222 e. The highest BCUT2D eigenvalue weighted by molar-refractivity contribution is 7.10. The Morgan fingerprint density at radius 3 is 2.78 bits per heavy atom. The summed E-state index contributed by atoms with van der Waals surface area (Å²) in [4.78, 5) is 10.2. The molecule has 1 unspecified atom stereocenters. The van der Waals surface area contributed by atoms with Crippen molar-refractivity contribution in [2.45, 2.75) is 32.2 Å². The van der Waals surface area contributed by atoms with Crippen molar-refractivity contribution in [1.29, 1.82) is 0 Å². The average molecular weight is 376 g/mol. The monoisotopic (exact) mass is 375 g/mol. The molecule has 5 nitrogen and oxygen atoms in total. The molecule has 0 spiro atoms. The third-order valence-electron chi connectivity index (χ3n) is 3.81. The summed E-state index contributed by atoms with van der Waals surface area (Å²) in [6, 6.07) is 4.53. The molecule has 0 aromatic carbocycles. The molecule has 2 aromatic heterocycles. The Balaban J connectivity index is 0.00000132. The fourth-order valence-electron chi connectivity index (χ4n) is 2.71. The Labute approximate surface area is 153 Å². The van der Waals surface area contributed by atoms with E-state index in [4.69, 9.17) is 5.73 Å². The van der Waals surface area contributed by atoms with Crippen LogP contribution in [0, 0.1) is 0 Å². The second-order valence-electron chi connectivity index (χ2n) is 5.23. The zero-order chi connectivity index (χ0) is 14.7. The minimum Gasteiger partial charge on any atom is -0.368 e. The number of anilines is 2. The summed E-state index contributed by atoms with van der Waals surface area (Å²) in [5, 5.41) is 9.09. The van der Waals surface area contributed by atoms with Crippen LogP contribution in [-0.4, -0.2) is 23.1 Å². The molecule has 3 heterocycles. The number of fused-ring (bicyclic) bond motifs is 1. The Hall–Kier alpha value is -1.08. The van der Waals surface area contributed by atoms with Gasteiger partial charge in [0.05, 0.1) is 11.7 Å². The van der Waals surface area contributed by atoms with E-state index in [0.29, 0.717) is 5.95 Å². The van der Waals surface area contributed by atoms with Crippen LogP contribution in [0.25, 0.3) is 0 Å². The minimum atomic E-state index is 0. The van der Waals surface area contributed by atoms with Crippen molar-refractivity contribution < 1.29 is 0 Å². The van der Waals surface area contributed by atoms with Crippen molar-refractivity contribution in [1.82, 2.24) is 15.3 Å². The molecule has 0 bridgehead atoms. The van der Waals surface area contributed by atoms with E-state index in [1.165, 1.54) is 10.4 Å². The van der Waals surface area contributed by atoms with Crippen LogP contribution in [0.4, 0.5) is 11.8 Å². The Kier molecular flexibility index (Phi) is 8.05. The summed E-state index contributed by atoms with van der Waals surface area (Å²) < 4.78 is 0. The lowest BCUT2D eigenvalue weighted by atomic mass is 10.1. The summed E-state index contributed by atoms with van der Waals surface area (Å²) >= 11 is 1.77. The Morgan fingerprint density at radius 1 is 1.30 bits per heavy atom. The summed E-state index contributed by atoms with van der Waals surface area (Å²) in [5.41, 5.74) is 8.18. The van der Waals surface area contributed by atoms with Crippen LogP contribution in [0.1, 0.15) is 35.5 Å². The van der Waals surface area contributed by atoms with Crippen LogP contribution in [0.5, 0.6) is 0 Å². The van der Waals surface area contributed by atoms with Gasteiger partial charge in [-0.25, -0.2) is 4.98 Å². The van der Waals surface area contributed by atoms with E-state index in [0.717, 1.165) is 43.9 Å². The van der Waals surface area contributed by atoms with Gasteiger partial charge in [0.25, 0.3) is 0 Å². The predicted molar refractivity (Wildman–Crippen MR) is 102 cm³/mol. The third kappa shape index (κ3) is 4.70. The zero-order valence-corrected chi connectivity index (χ0v) is 15.5. The van der Waals surface area contributed by atoms with E-state index >= 15 is 0 Å². The second kappa shape index (κ2) is 9.27. The molecule has 3 rings (SSSR count). The van der Waals surface area contributed by atoms with Crippen molar-refractivity contribution >= 4 is 47.9 Å². The number of hydrogen-bond donors (Lipinski definition) is 3. The molecular weight excluding hydrogens is 353 g/mol. The lowest BCUT2D eigenvalue weighted by Gasteiger charge is -2.19. The number of rotatable bonds is 4. The summed E-state index contributed by atoms with van der Waals surface area (Å²) in [6.45, 7) is 4.10. The first-order chi connectivity index (χ1) is 10.3. The highest BCUT2D eigenvalue weighted by Crippen LogP contribution is 2.28. The van der Waals surface area contributed by atoms with Gasteiger partial charge in [0, 0.05) is 23.4 Å². The van der Waals surface area contributed by atoms with Crippen molar-refractivity contribution in [3.8, 4) is 0 Å². The van der Waals surface area contributed by atoms with Crippen molar-refractivity contribution in [3.05, 3.63) is 33.6 Å². The van der Waals surface area contributed by atoms with Crippen LogP contribution >= 0.6 is 36.2 Å². The number of thiophene rings is 1. The van der Waals surface area contributed by atoms with Gasteiger partial charge < -0.3 is 16.4 Å². The van der Waals surface area contributed by atoms with Crippen molar-refractivity contribution in [3.63, 3.8) is 0 Å². The van der Waals surface area contributed by atoms with E-state index in [2.05, 4.69) is 45.0 Å². The standard InChI is InChI=1S/C15H21N5S.2ClH/c1-2-11(13-4-3-9-21-13)18-14-10-5-7-17-8-6-12(10)19-15(16)20-14;;/h3-4,9,11,17H,2,5-8H2,1H3,(H3,16,18,19,20);2*1H. The van der Waals surface area contributed by atoms with Crippen LogP contribution in [0.2, 0.25) is 0 Å². The molecule has 128 valence electrons. The van der Waals surface area contributed by atoms with Gasteiger partial charge >= 0.3 is 0 Å². The van der Waals surface area contributed by atoms with Gasteiger partial charge in [-0.05, 0) is 30.8 Å². The minimum absolute atomic E-state index is 0. The fourth-order valence-corrected chi connectivity index (χ4v) is 3.57. The van der Waals surface area contributed by atoms with Gasteiger partial charge in [0.15, 0.2) is 0 Å². The maximum atomic E-state index is 5.89. The van der Waals surface area contributed by atoms with Gasteiger partial charge in [-0.15, -0.1) is 36.2 Å². The first-order valence-electron chi connectivity index (χ1n) is 7.44. The van der Waals surface area contributed by atoms with Gasteiger partial charge in [-0.2, -0.15) is 4.98 Å². The normalized spacial score (nSPS) is 14.7. The van der Waals surface area contributed by atoms with E-state index in [9.17, 15) is 0 Å². The highest BCUT2D eigenvalue weighted by atomic mass is 35.5. The third-order valence-corrected chi connectivity index (χ3v) is 4.79. The molecule has 2 aromatic rings. The molecule has 1 aliphatic heterocycles. The fraction of sp³-hybridized carbons (Fsp3) is 0.467. The summed E-state index contributed by atoms with van der Waals surface area (Å²) in [6.07, 6.45) is 2.86. The van der Waals surface area contributed by atoms with Crippen LogP contribution in [0.15, 0.2) is 17.5 Å². The largest absolute Gasteiger partial charge is 0.368 e. The molecule has 4 N–H and O–H groups in total. The van der Waals surface area contributed by atoms with Gasteiger partial charge in [-0.3, -0.25) is 0 Å². The van der Waals surface area contributed by atoms with E-state index < -0.39 is 0 Å². The van der Waals surface area contributed by atoms with Crippen LogP contribution in [0.3, 0.4) is 0 Å². The van der Waals surface area contributed by atoms with Gasteiger partial charge in [0.1, 0.15) is 5.82 Å². The summed E-state index contributed by atoms with van der Waals surface area (Å²) in [5.74, 6) is 1.26. The Morgan fingerprint density at radius 2 is 2.09 bits per heavy atom. The molecule has 0 amide bonds. The molecule has 0 aliphatic carbocycles. The number of nitrogens with zero attached hydrogens (tertiary/aromatic N) is 2. The number of hydrogen-bond acceptors (Lipinski definition) is 6. The van der Waals surface area contributed by atoms with Gasteiger partial charge in [-0.1, -0.05) is 13.0 Å². The lowest BCUT2D eigenvalue weighted by Crippen LogP contribution is -2.16. The van der Waals surface area contributed by atoms with Gasteiger partial charge in [0.2, 0.25) is 5.95 Å². The highest BCUT2D eigenvalue weighted by Gasteiger charge is 2.19. The molecule has 0 fully saturated rings. The average Bonchev–Trinajstić information content (AvgIpc) is 2.90. The number of nitrogens with one attached hydrogen (secondary N) is 2. The first-order valence-corrected chi connectivity index (χ1v) is 8.31. The first kappa shape index (κ1) is 20.0. The molecule has 0 radical (unpaired) electrons. The molecule has 1 atom stereocenters. The second-order valence-corrected chi connectivity index (χ2v) is 6.21. The van der Waals surface area contributed by atoms with Crippen LogP contribution in [-0.2, 0) is 12.8 Å². The lowest BCUT2D eigenvalue weighted by molar-refractivity contribution is 0.708. The quantitative estimate of drug-likeness (QED) is 0.764. The maximum Gasteiger partial charge on any atom is 0.222 e. The molecular formula is C15H23Cl2N5S. The number of aromatic nitrogens is 2. The Bertz CT molecular complexity index is 606. The van der Waals surface area contributed by atoms with E-state index in [1.807, 2.05) is 0 Å². The number of halogens is 2. The predicted octanol–water partition coefficient (Wildman–Crippen LogP) is 3.22. The molecule has 0 saturated heterocycles. The molecule has 23 heavy (non-hydrogen) atoms. The molecule has 1 aliphatic rings. The van der Waals surface area contributed by atoms with Crippen LogP contribution < -0.4 is 16.4 Å². The SMILES string of the molecule is CCC(Nc1nc(N)nc2c1CCNCC2)c1cccs1.Cl.Cl. The molecule has 0 saturated carbocycles. The van der Waals surface area contributed by atoms with E-state index in [-0.39, 0.29) is 30.9 Å². The molecule has 8 heteroatoms. The van der Waals surface area contributed by atoms with E-state index in [1.54, 1.807) is 11.3 Å². The topological polar surface area (TPSA) is 75.9 Å².